The monoisotopic (exact) mass is 490 g/mol. The minimum Gasteiger partial charge on any atom is -0.376 e. The molecule has 34 heavy (non-hydrogen) atoms. The molecule has 0 radical (unpaired) electrons. The van der Waals surface area contributed by atoms with E-state index in [1.54, 1.807) is 0 Å². The number of piperidine rings is 1. The molecule has 2 fully saturated rings. The van der Waals surface area contributed by atoms with Crippen molar-refractivity contribution in [1.82, 2.24) is 20.2 Å². The predicted octanol–water partition coefficient (Wildman–Crippen LogP) is 3.49. The van der Waals surface area contributed by atoms with E-state index >= 15 is 0 Å². The lowest BCUT2D eigenvalue weighted by atomic mass is 9.73. The minimum atomic E-state index is -0.889. The van der Waals surface area contributed by atoms with Gasteiger partial charge in [0.15, 0.2) is 17.2 Å². The van der Waals surface area contributed by atoms with E-state index in [0.717, 1.165) is 25.0 Å². The Balaban J connectivity index is 1.43. The number of fused-ring (bicyclic) bond motifs is 1. The summed E-state index contributed by atoms with van der Waals surface area (Å²) in [5.41, 5.74) is 6.67. The lowest BCUT2D eigenvalue weighted by Gasteiger charge is -2.41. The molecule has 4 heterocycles. The third-order valence-corrected chi connectivity index (χ3v) is 7.01. The number of alkyl halides is 1. The van der Waals surface area contributed by atoms with Crippen LogP contribution in [0.25, 0.3) is 11.2 Å². The Labute approximate surface area is 198 Å². The van der Waals surface area contributed by atoms with Crippen LogP contribution in [0, 0.1) is 28.9 Å². The molecule has 2 atom stereocenters. The summed E-state index contributed by atoms with van der Waals surface area (Å²) in [5, 5.41) is 6.72. The molecule has 3 N–H and O–H groups in total. The van der Waals surface area contributed by atoms with Crippen molar-refractivity contribution < 1.29 is 17.9 Å². The molecule has 3 aromatic rings. The summed E-state index contributed by atoms with van der Waals surface area (Å²) in [6.45, 7) is 3.07. The maximum absolute atomic E-state index is 14.0. The Hall–Kier alpha value is -2.87. The van der Waals surface area contributed by atoms with E-state index in [1.807, 2.05) is 11.8 Å². The molecule has 0 saturated carbocycles. The average Bonchev–Trinajstić information content (AvgIpc) is 3.34. The molecule has 0 bridgehead atoms. The lowest BCUT2D eigenvalue weighted by molar-refractivity contribution is 0.0974. The van der Waals surface area contributed by atoms with Gasteiger partial charge in [-0.1, -0.05) is 17.5 Å². The Morgan fingerprint density at radius 3 is 2.56 bits per heavy atom. The van der Waals surface area contributed by atoms with Crippen molar-refractivity contribution in [3.63, 3.8) is 0 Å². The van der Waals surface area contributed by atoms with Crippen molar-refractivity contribution in [2.75, 3.05) is 24.6 Å². The SMILES string of the molecule is C[C@@H]1OCC2(CCN(c3nc4[nH]nc(C#Cc5c(F)cc(Cl)cc5F)c4nc3CF)CC2)[C@@H]1N. The Bertz CT molecular complexity index is 1290. The van der Waals surface area contributed by atoms with Gasteiger partial charge in [-0.05, 0) is 37.8 Å². The standard InChI is InChI=1S/C23H22ClF3N6O/c1-12-20(28)23(11-34-12)4-6-33(7-5-23)22-18(10-25)29-19-17(31-32-21(19)30-22)3-2-14-15(26)8-13(24)9-16(14)27/h8-9,12,20H,4-7,10-11,28H2,1H3,(H,30,31,32)/t12-,20+/m0/s1. The molecule has 2 aliphatic rings. The summed E-state index contributed by atoms with van der Waals surface area (Å²) in [6.07, 6.45) is 1.63. The van der Waals surface area contributed by atoms with Crippen LogP contribution in [-0.2, 0) is 11.4 Å². The van der Waals surface area contributed by atoms with Crippen LogP contribution in [0.15, 0.2) is 12.1 Å². The Kier molecular flexibility index (Phi) is 5.88. The van der Waals surface area contributed by atoms with E-state index in [0.29, 0.717) is 31.2 Å². The van der Waals surface area contributed by atoms with Crippen LogP contribution >= 0.6 is 11.6 Å². The number of H-pyrrole nitrogens is 1. The molecule has 178 valence electrons. The molecule has 7 nitrogen and oxygen atoms in total. The third-order valence-electron chi connectivity index (χ3n) is 6.79. The van der Waals surface area contributed by atoms with E-state index in [-0.39, 0.29) is 39.5 Å². The number of nitrogens with one attached hydrogen (secondary N) is 1. The maximum Gasteiger partial charge on any atom is 0.177 e. The fourth-order valence-corrected chi connectivity index (χ4v) is 4.91. The topological polar surface area (TPSA) is 93.0 Å². The number of aromatic nitrogens is 4. The zero-order valence-corrected chi connectivity index (χ0v) is 19.1. The number of hydrogen-bond donors (Lipinski definition) is 2. The zero-order chi connectivity index (χ0) is 24.0. The van der Waals surface area contributed by atoms with Crippen LogP contribution in [0.1, 0.15) is 36.7 Å². The van der Waals surface area contributed by atoms with Crippen LogP contribution < -0.4 is 10.6 Å². The summed E-state index contributed by atoms with van der Waals surface area (Å²) in [5.74, 6) is 3.67. The smallest absolute Gasteiger partial charge is 0.177 e. The van der Waals surface area contributed by atoms with E-state index in [4.69, 9.17) is 22.1 Å². The first-order chi connectivity index (χ1) is 16.3. The van der Waals surface area contributed by atoms with Crippen molar-refractivity contribution in [3.8, 4) is 11.8 Å². The van der Waals surface area contributed by atoms with Crippen LogP contribution in [-0.4, -0.2) is 52.0 Å². The van der Waals surface area contributed by atoms with Crippen LogP contribution in [0.5, 0.6) is 0 Å². The lowest BCUT2D eigenvalue weighted by Crippen LogP contribution is -2.51. The molecule has 1 spiro atoms. The minimum absolute atomic E-state index is 0.0171. The van der Waals surface area contributed by atoms with Gasteiger partial charge in [0.1, 0.15) is 29.5 Å². The molecule has 11 heteroatoms. The summed E-state index contributed by atoms with van der Waals surface area (Å²) in [7, 11) is 0. The highest BCUT2D eigenvalue weighted by Gasteiger charge is 2.47. The van der Waals surface area contributed by atoms with Gasteiger partial charge in [-0.3, -0.25) is 5.10 Å². The van der Waals surface area contributed by atoms with Crippen molar-refractivity contribution in [1.29, 1.82) is 0 Å². The highest BCUT2D eigenvalue weighted by Crippen LogP contribution is 2.42. The van der Waals surface area contributed by atoms with Gasteiger partial charge in [-0.25, -0.2) is 23.1 Å². The molecule has 1 aromatic carbocycles. The normalized spacial score (nSPS) is 21.8. The highest BCUT2D eigenvalue weighted by molar-refractivity contribution is 6.30. The van der Waals surface area contributed by atoms with E-state index in [2.05, 4.69) is 32.0 Å². The molecule has 2 saturated heterocycles. The number of nitrogens with zero attached hydrogens (tertiary/aromatic N) is 4. The molecule has 0 unspecified atom stereocenters. The maximum atomic E-state index is 14.0. The van der Waals surface area contributed by atoms with Gasteiger partial charge in [0, 0.05) is 29.6 Å². The zero-order valence-electron chi connectivity index (χ0n) is 18.3. The Morgan fingerprint density at radius 1 is 1.24 bits per heavy atom. The number of halogens is 4. The largest absolute Gasteiger partial charge is 0.376 e. The number of anilines is 1. The third kappa shape index (κ3) is 3.87. The molecule has 2 aliphatic heterocycles. The first-order valence-corrected chi connectivity index (χ1v) is 11.3. The van der Waals surface area contributed by atoms with Gasteiger partial charge in [-0.2, -0.15) is 5.10 Å². The second-order valence-electron chi connectivity index (χ2n) is 8.78. The van der Waals surface area contributed by atoms with Crippen molar-refractivity contribution >= 4 is 28.6 Å². The van der Waals surface area contributed by atoms with Gasteiger partial charge >= 0.3 is 0 Å². The highest BCUT2D eigenvalue weighted by atomic mass is 35.5. The molecule has 0 amide bonds. The summed E-state index contributed by atoms with van der Waals surface area (Å²) in [6, 6.07) is 1.91. The van der Waals surface area contributed by atoms with Crippen molar-refractivity contribution in [2.45, 2.75) is 38.6 Å². The average molecular weight is 491 g/mol. The van der Waals surface area contributed by atoms with Gasteiger partial charge in [0.25, 0.3) is 0 Å². The van der Waals surface area contributed by atoms with Gasteiger partial charge in [0.2, 0.25) is 0 Å². The fourth-order valence-electron chi connectivity index (χ4n) is 4.72. The predicted molar refractivity (Wildman–Crippen MR) is 121 cm³/mol. The number of ether oxygens (including phenoxy) is 1. The number of rotatable bonds is 2. The number of hydrogen-bond acceptors (Lipinski definition) is 6. The molecular formula is C23H22ClF3N6O. The summed E-state index contributed by atoms with van der Waals surface area (Å²) in [4.78, 5) is 10.9. The van der Waals surface area contributed by atoms with Gasteiger partial charge < -0.3 is 15.4 Å². The Morgan fingerprint density at radius 2 is 1.94 bits per heavy atom. The van der Waals surface area contributed by atoms with Gasteiger partial charge in [-0.15, -0.1) is 0 Å². The first-order valence-electron chi connectivity index (χ1n) is 10.9. The van der Waals surface area contributed by atoms with E-state index in [9.17, 15) is 13.2 Å². The molecule has 2 aromatic heterocycles. The van der Waals surface area contributed by atoms with Crippen LogP contribution in [0.4, 0.5) is 19.0 Å². The molecule has 0 aliphatic carbocycles. The first kappa shape index (κ1) is 22.9. The second-order valence-corrected chi connectivity index (χ2v) is 9.22. The number of benzene rings is 1. The summed E-state index contributed by atoms with van der Waals surface area (Å²) < 4.78 is 47.8. The van der Waals surface area contributed by atoms with Crippen LogP contribution in [0.2, 0.25) is 5.02 Å². The van der Waals surface area contributed by atoms with Crippen LogP contribution in [0.3, 0.4) is 0 Å². The second kappa shape index (κ2) is 8.73. The van der Waals surface area contributed by atoms with Gasteiger partial charge in [0.05, 0.1) is 18.3 Å². The van der Waals surface area contributed by atoms with E-state index in [1.165, 1.54) is 0 Å². The molecule has 5 rings (SSSR count). The number of nitrogens with two attached hydrogens (primary N) is 1. The fraction of sp³-hybridized carbons (Fsp3) is 0.435. The molecular weight excluding hydrogens is 469 g/mol. The van der Waals surface area contributed by atoms with Crippen molar-refractivity contribution in [2.24, 2.45) is 11.1 Å². The van der Waals surface area contributed by atoms with E-state index < -0.39 is 23.9 Å². The summed E-state index contributed by atoms with van der Waals surface area (Å²) >= 11 is 5.65. The quantitative estimate of drug-likeness (QED) is 0.534. The van der Waals surface area contributed by atoms with Crippen molar-refractivity contribution in [3.05, 3.63) is 45.7 Å². The number of aromatic amines is 1.